The molecule has 1 aromatic carbocycles. The first-order valence-electron chi connectivity index (χ1n) is 6.92. The third-order valence-corrected chi connectivity index (χ3v) is 3.17. The van der Waals surface area contributed by atoms with Gasteiger partial charge in [0.25, 0.3) is 0 Å². The third kappa shape index (κ3) is 3.96. The number of rotatable bonds is 5. The monoisotopic (exact) mass is 262 g/mol. The molecule has 0 radical (unpaired) electrons. The molecule has 0 saturated carbocycles. The van der Waals surface area contributed by atoms with E-state index in [1.807, 2.05) is 32.0 Å². The van der Waals surface area contributed by atoms with Crippen LogP contribution in [0.1, 0.15) is 26.7 Å². The molecule has 2 rings (SSSR count). The van der Waals surface area contributed by atoms with Crippen molar-refractivity contribution in [2.75, 3.05) is 29.9 Å². The predicted octanol–water partition coefficient (Wildman–Crippen LogP) is 2.65. The van der Waals surface area contributed by atoms with Gasteiger partial charge in [-0.15, -0.1) is 0 Å². The Hall–Kier alpha value is -1.55. The molecule has 4 nitrogen and oxygen atoms in total. The maximum Gasteiger partial charge on any atom is 0.250 e. The summed E-state index contributed by atoms with van der Waals surface area (Å²) in [6.45, 7) is 6.08. The fourth-order valence-corrected chi connectivity index (χ4v) is 2.24. The van der Waals surface area contributed by atoms with Gasteiger partial charge in [0, 0.05) is 13.1 Å². The fourth-order valence-electron chi connectivity index (χ4n) is 2.24. The van der Waals surface area contributed by atoms with E-state index < -0.39 is 0 Å². The SMILES string of the molecule is CC(C)OCC(=O)Nc1ccccc1N1CCCC1. The highest BCUT2D eigenvalue weighted by molar-refractivity contribution is 5.95. The molecule has 1 heterocycles. The number of hydrogen-bond donors (Lipinski definition) is 1. The lowest BCUT2D eigenvalue weighted by molar-refractivity contribution is -0.121. The lowest BCUT2D eigenvalue weighted by Crippen LogP contribution is -2.24. The van der Waals surface area contributed by atoms with Crippen LogP contribution in [0.4, 0.5) is 11.4 Å². The highest BCUT2D eigenvalue weighted by Gasteiger charge is 2.16. The molecule has 1 N–H and O–H groups in total. The number of amides is 1. The molecule has 1 aliphatic rings. The van der Waals surface area contributed by atoms with Crippen molar-refractivity contribution in [2.24, 2.45) is 0 Å². The minimum absolute atomic E-state index is 0.0691. The topological polar surface area (TPSA) is 41.6 Å². The molecule has 0 atom stereocenters. The van der Waals surface area contributed by atoms with Crippen molar-refractivity contribution in [3.63, 3.8) is 0 Å². The van der Waals surface area contributed by atoms with E-state index in [0.717, 1.165) is 24.5 Å². The number of carbonyl (C=O) groups excluding carboxylic acids is 1. The van der Waals surface area contributed by atoms with Crippen molar-refractivity contribution in [1.29, 1.82) is 0 Å². The van der Waals surface area contributed by atoms with Crippen molar-refractivity contribution in [1.82, 2.24) is 0 Å². The van der Waals surface area contributed by atoms with E-state index in [-0.39, 0.29) is 18.6 Å². The average molecular weight is 262 g/mol. The lowest BCUT2D eigenvalue weighted by atomic mass is 10.2. The minimum Gasteiger partial charge on any atom is -0.370 e. The molecule has 0 bridgehead atoms. The van der Waals surface area contributed by atoms with Gasteiger partial charge in [0.1, 0.15) is 6.61 Å². The smallest absolute Gasteiger partial charge is 0.250 e. The highest BCUT2D eigenvalue weighted by atomic mass is 16.5. The minimum atomic E-state index is -0.0969. The van der Waals surface area contributed by atoms with E-state index in [9.17, 15) is 4.79 Å². The molecule has 0 unspecified atom stereocenters. The standard InChI is InChI=1S/C15H22N2O2/c1-12(2)19-11-15(18)16-13-7-3-4-8-14(13)17-9-5-6-10-17/h3-4,7-8,12H,5-6,9-11H2,1-2H3,(H,16,18). The highest BCUT2D eigenvalue weighted by Crippen LogP contribution is 2.28. The Kier molecular flexibility index (Phi) is 4.80. The summed E-state index contributed by atoms with van der Waals surface area (Å²) >= 11 is 0. The van der Waals surface area contributed by atoms with Crippen LogP contribution in [-0.2, 0) is 9.53 Å². The summed E-state index contributed by atoms with van der Waals surface area (Å²) in [6.07, 6.45) is 2.51. The lowest BCUT2D eigenvalue weighted by Gasteiger charge is -2.21. The fraction of sp³-hybridized carbons (Fsp3) is 0.533. The van der Waals surface area contributed by atoms with E-state index in [4.69, 9.17) is 4.74 Å². The van der Waals surface area contributed by atoms with Gasteiger partial charge in [-0.3, -0.25) is 4.79 Å². The van der Waals surface area contributed by atoms with Gasteiger partial charge in [-0.25, -0.2) is 0 Å². The Balaban J connectivity index is 2.01. The Morgan fingerprint density at radius 2 is 2.00 bits per heavy atom. The molecule has 0 spiro atoms. The molecule has 1 aromatic rings. The van der Waals surface area contributed by atoms with Crippen molar-refractivity contribution in [3.05, 3.63) is 24.3 Å². The number of anilines is 2. The van der Waals surface area contributed by atoms with Gasteiger partial charge in [0.2, 0.25) is 5.91 Å². The number of para-hydroxylation sites is 2. The zero-order valence-corrected chi connectivity index (χ0v) is 11.7. The van der Waals surface area contributed by atoms with Crippen LogP contribution in [0.25, 0.3) is 0 Å². The maximum atomic E-state index is 11.8. The molecule has 0 aromatic heterocycles. The van der Waals surface area contributed by atoms with Gasteiger partial charge in [-0.05, 0) is 38.8 Å². The first kappa shape index (κ1) is 13.9. The van der Waals surface area contributed by atoms with Gasteiger partial charge < -0.3 is 15.0 Å². The Bertz CT molecular complexity index is 426. The first-order chi connectivity index (χ1) is 9.16. The van der Waals surface area contributed by atoms with E-state index in [1.54, 1.807) is 0 Å². The second kappa shape index (κ2) is 6.57. The molecule has 1 fully saturated rings. The van der Waals surface area contributed by atoms with Gasteiger partial charge in [-0.1, -0.05) is 12.1 Å². The zero-order valence-electron chi connectivity index (χ0n) is 11.7. The second-order valence-corrected chi connectivity index (χ2v) is 5.12. The van der Waals surface area contributed by atoms with Crippen LogP contribution in [0.3, 0.4) is 0 Å². The molecule has 1 saturated heterocycles. The number of hydrogen-bond acceptors (Lipinski definition) is 3. The Morgan fingerprint density at radius 1 is 1.32 bits per heavy atom. The normalized spacial score (nSPS) is 15.0. The summed E-state index contributed by atoms with van der Waals surface area (Å²) < 4.78 is 5.32. The number of ether oxygens (including phenoxy) is 1. The van der Waals surface area contributed by atoms with Gasteiger partial charge >= 0.3 is 0 Å². The van der Waals surface area contributed by atoms with Crippen LogP contribution in [-0.4, -0.2) is 31.7 Å². The maximum absolute atomic E-state index is 11.8. The van der Waals surface area contributed by atoms with E-state index in [1.165, 1.54) is 12.8 Å². The molecule has 1 aliphatic heterocycles. The number of carbonyl (C=O) groups is 1. The van der Waals surface area contributed by atoms with E-state index in [2.05, 4.69) is 16.3 Å². The third-order valence-electron chi connectivity index (χ3n) is 3.17. The molecule has 0 aliphatic carbocycles. The average Bonchev–Trinajstić information content (AvgIpc) is 2.91. The van der Waals surface area contributed by atoms with Gasteiger partial charge in [-0.2, -0.15) is 0 Å². The van der Waals surface area contributed by atoms with Crippen LogP contribution in [0.5, 0.6) is 0 Å². The largest absolute Gasteiger partial charge is 0.370 e. The van der Waals surface area contributed by atoms with Crippen molar-refractivity contribution < 1.29 is 9.53 Å². The van der Waals surface area contributed by atoms with Crippen molar-refractivity contribution >= 4 is 17.3 Å². The Morgan fingerprint density at radius 3 is 2.68 bits per heavy atom. The number of benzene rings is 1. The molecule has 1 amide bonds. The molecule has 104 valence electrons. The van der Waals surface area contributed by atoms with Crippen LogP contribution in [0.2, 0.25) is 0 Å². The van der Waals surface area contributed by atoms with Gasteiger partial charge in [0.15, 0.2) is 0 Å². The van der Waals surface area contributed by atoms with Crippen LogP contribution in [0.15, 0.2) is 24.3 Å². The predicted molar refractivity (Wildman–Crippen MR) is 77.6 cm³/mol. The summed E-state index contributed by atoms with van der Waals surface area (Å²) in [6, 6.07) is 7.96. The molecular formula is C15H22N2O2. The quantitative estimate of drug-likeness (QED) is 0.887. The molecule has 4 heteroatoms. The van der Waals surface area contributed by atoms with Crippen LogP contribution < -0.4 is 10.2 Å². The van der Waals surface area contributed by atoms with Crippen molar-refractivity contribution in [3.8, 4) is 0 Å². The van der Waals surface area contributed by atoms with Crippen LogP contribution in [0, 0.1) is 0 Å². The molecule has 19 heavy (non-hydrogen) atoms. The second-order valence-electron chi connectivity index (χ2n) is 5.12. The van der Waals surface area contributed by atoms with Crippen molar-refractivity contribution in [2.45, 2.75) is 32.8 Å². The van der Waals surface area contributed by atoms with E-state index in [0.29, 0.717) is 0 Å². The zero-order chi connectivity index (χ0) is 13.7. The van der Waals surface area contributed by atoms with E-state index >= 15 is 0 Å². The summed E-state index contributed by atoms with van der Waals surface area (Å²) in [5.41, 5.74) is 1.99. The summed E-state index contributed by atoms with van der Waals surface area (Å²) in [4.78, 5) is 14.1. The first-order valence-corrected chi connectivity index (χ1v) is 6.92. The summed E-state index contributed by atoms with van der Waals surface area (Å²) in [7, 11) is 0. The van der Waals surface area contributed by atoms with Gasteiger partial charge in [0.05, 0.1) is 17.5 Å². The number of nitrogens with zero attached hydrogens (tertiary/aromatic N) is 1. The van der Waals surface area contributed by atoms with Crippen LogP contribution >= 0.6 is 0 Å². The molecular weight excluding hydrogens is 240 g/mol. The Labute approximate surface area is 114 Å². The summed E-state index contributed by atoms with van der Waals surface area (Å²) in [5, 5.41) is 2.94. The number of nitrogens with one attached hydrogen (secondary N) is 1. The summed E-state index contributed by atoms with van der Waals surface area (Å²) in [5.74, 6) is -0.0969.